The molecule has 1 aromatic carbocycles. The highest BCUT2D eigenvalue weighted by molar-refractivity contribution is 6.30. The van der Waals surface area contributed by atoms with E-state index in [1.165, 1.54) is 18.9 Å². The Kier molecular flexibility index (Phi) is 4.07. The zero-order chi connectivity index (χ0) is 15.8. The predicted octanol–water partition coefficient (Wildman–Crippen LogP) is 3.79. The van der Waals surface area contributed by atoms with Gasteiger partial charge in [-0.1, -0.05) is 17.7 Å². The van der Waals surface area contributed by atoms with Gasteiger partial charge in [-0.3, -0.25) is 4.90 Å². The number of nitrogens with zero attached hydrogens (tertiary/aromatic N) is 4. The molecule has 122 valence electrons. The number of hydrogen-bond donors (Lipinski definition) is 0. The van der Waals surface area contributed by atoms with Crippen LogP contribution < -0.4 is 0 Å². The van der Waals surface area contributed by atoms with Crippen LogP contribution in [0.25, 0.3) is 0 Å². The van der Waals surface area contributed by atoms with Crippen molar-refractivity contribution in [1.29, 1.82) is 0 Å². The number of likely N-dealkylation sites (tertiary alicyclic amines) is 1. The molecule has 1 aliphatic carbocycles. The van der Waals surface area contributed by atoms with Gasteiger partial charge in [-0.25, -0.2) is 4.39 Å². The fraction of sp³-hybridized carbons (Fsp3) is 0.529. The number of halogens is 2. The molecule has 4 nitrogen and oxygen atoms in total. The molecule has 0 amide bonds. The average Bonchev–Trinajstić information content (AvgIpc) is 3.28. The molecule has 2 fully saturated rings. The van der Waals surface area contributed by atoms with Gasteiger partial charge >= 0.3 is 0 Å². The summed E-state index contributed by atoms with van der Waals surface area (Å²) in [4.78, 5) is 2.41. The predicted molar refractivity (Wildman–Crippen MR) is 87.0 cm³/mol. The fourth-order valence-corrected chi connectivity index (χ4v) is 3.69. The Labute approximate surface area is 140 Å². The molecule has 0 spiro atoms. The Morgan fingerprint density at radius 1 is 1.26 bits per heavy atom. The van der Waals surface area contributed by atoms with Gasteiger partial charge in [0.05, 0.1) is 5.02 Å². The lowest BCUT2D eigenvalue weighted by Crippen LogP contribution is -2.34. The van der Waals surface area contributed by atoms with Crippen molar-refractivity contribution in [1.82, 2.24) is 19.7 Å². The van der Waals surface area contributed by atoms with Gasteiger partial charge in [0.15, 0.2) is 0 Å². The zero-order valence-electron chi connectivity index (χ0n) is 13.0. The van der Waals surface area contributed by atoms with Crippen molar-refractivity contribution in [2.75, 3.05) is 13.1 Å². The van der Waals surface area contributed by atoms with Gasteiger partial charge in [0, 0.05) is 25.0 Å². The maximum atomic E-state index is 13.3. The standard InChI is InChI=1S/C17H20ClFN4/c18-15-8-12(3-6-16(15)19)9-22-7-1-2-13(10-22)17-21-20-11-23(17)14-4-5-14/h3,6,8,11,13-14H,1-2,4-5,7,9-10H2/t13-/m0/s1. The summed E-state index contributed by atoms with van der Waals surface area (Å²) in [7, 11) is 0. The Morgan fingerprint density at radius 3 is 2.91 bits per heavy atom. The number of hydrogen-bond acceptors (Lipinski definition) is 3. The highest BCUT2D eigenvalue weighted by atomic mass is 35.5. The monoisotopic (exact) mass is 334 g/mol. The molecule has 0 bridgehead atoms. The highest BCUT2D eigenvalue weighted by Crippen LogP contribution is 2.38. The third kappa shape index (κ3) is 3.26. The minimum Gasteiger partial charge on any atom is -0.314 e. The number of piperidine rings is 1. The molecule has 0 radical (unpaired) electrons. The second-order valence-electron chi connectivity index (χ2n) is 6.65. The lowest BCUT2D eigenvalue weighted by atomic mass is 9.96. The van der Waals surface area contributed by atoms with Gasteiger partial charge in [-0.15, -0.1) is 10.2 Å². The molecule has 0 N–H and O–H groups in total. The first kappa shape index (κ1) is 15.1. The van der Waals surface area contributed by atoms with E-state index < -0.39 is 0 Å². The SMILES string of the molecule is Fc1ccc(CN2CCC[C@H](c3nncn3C3CC3)C2)cc1Cl. The molecule has 23 heavy (non-hydrogen) atoms. The van der Waals surface area contributed by atoms with Crippen LogP contribution >= 0.6 is 11.6 Å². The van der Waals surface area contributed by atoms with E-state index in [0.717, 1.165) is 43.9 Å². The van der Waals surface area contributed by atoms with Crippen molar-refractivity contribution >= 4 is 11.6 Å². The second-order valence-corrected chi connectivity index (χ2v) is 7.06. The lowest BCUT2D eigenvalue weighted by molar-refractivity contribution is 0.194. The van der Waals surface area contributed by atoms with E-state index in [-0.39, 0.29) is 10.8 Å². The lowest BCUT2D eigenvalue weighted by Gasteiger charge is -2.32. The summed E-state index contributed by atoms with van der Waals surface area (Å²) in [5.74, 6) is 1.21. The smallest absolute Gasteiger partial charge is 0.141 e. The van der Waals surface area contributed by atoms with Crippen LogP contribution in [0.1, 0.15) is 49.0 Å². The van der Waals surface area contributed by atoms with Crippen molar-refractivity contribution < 1.29 is 4.39 Å². The maximum absolute atomic E-state index is 13.3. The molecule has 2 aromatic rings. The van der Waals surface area contributed by atoms with E-state index in [1.807, 2.05) is 12.4 Å². The highest BCUT2D eigenvalue weighted by Gasteiger charge is 2.31. The normalized spacial score (nSPS) is 22.4. The molecular weight excluding hydrogens is 315 g/mol. The molecule has 1 aliphatic heterocycles. The first-order valence-electron chi connectivity index (χ1n) is 8.26. The molecule has 2 heterocycles. The Hall–Kier alpha value is -1.46. The summed E-state index contributed by atoms with van der Waals surface area (Å²) < 4.78 is 15.6. The van der Waals surface area contributed by atoms with Crippen LogP contribution in [0.15, 0.2) is 24.5 Å². The van der Waals surface area contributed by atoms with E-state index in [0.29, 0.717) is 12.0 Å². The Morgan fingerprint density at radius 2 is 2.13 bits per heavy atom. The number of aromatic nitrogens is 3. The molecule has 4 rings (SSSR count). The van der Waals surface area contributed by atoms with Gasteiger partial charge < -0.3 is 4.57 Å². The largest absolute Gasteiger partial charge is 0.314 e. The van der Waals surface area contributed by atoms with Crippen molar-refractivity contribution in [3.63, 3.8) is 0 Å². The molecule has 1 aromatic heterocycles. The van der Waals surface area contributed by atoms with Crippen molar-refractivity contribution in [3.8, 4) is 0 Å². The van der Waals surface area contributed by atoms with Crippen LogP contribution in [0.2, 0.25) is 5.02 Å². The molecule has 0 unspecified atom stereocenters. The van der Waals surface area contributed by atoms with Gasteiger partial charge in [0.2, 0.25) is 0 Å². The summed E-state index contributed by atoms with van der Waals surface area (Å²) in [6.07, 6.45) is 6.68. The third-order valence-corrected chi connectivity index (χ3v) is 5.09. The van der Waals surface area contributed by atoms with Gasteiger partial charge in [0.25, 0.3) is 0 Å². The van der Waals surface area contributed by atoms with E-state index in [1.54, 1.807) is 6.07 Å². The average molecular weight is 335 g/mol. The van der Waals surface area contributed by atoms with Crippen LogP contribution in [0.3, 0.4) is 0 Å². The first-order chi connectivity index (χ1) is 11.2. The van der Waals surface area contributed by atoms with Crippen LogP contribution in [0, 0.1) is 5.82 Å². The summed E-state index contributed by atoms with van der Waals surface area (Å²) >= 11 is 5.89. The fourth-order valence-electron chi connectivity index (χ4n) is 3.48. The second kappa shape index (κ2) is 6.21. The quantitative estimate of drug-likeness (QED) is 0.853. The Bertz CT molecular complexity index is 698. The molecule has 1 saturated heterocycles. The summed E-state index contributed by atoms with van der Waals surface area (Å²) in [6, 6.07) is 5.61. The van der Waals surface area contributed by atoms with Gasteiger partial charge in [-0.2, -0.15) is 0 Å². The number of rotatable bonds is 4. The summed E-state index contributed by atoms with van der Waals surface area (Å²) in [5, 5.41) is 8.71. The molecule has 2 aliphatic rings. The first-order valence-corrected chi connectivity index (χ1v) is 8.64. The Balaban J connectivity index is 1.46. The minimum absolute atomic E-state index is 0.199. The van der Waals surface area contributed by atoms with Crippen LogP contribution in [-0.4, -0.2) is 32.8 Å². The minimum atomic E-state index is -0.357. The zero-order valence-corrected chi connectivity index (χ0v) is 13.7. The van der Waals surface area contributed by atoms with E-state index >= 15 is 0 Å². The summed E-state index contributed by atoms with van der Waals surface area (Å²) in [6.45, 7) is 2.83. The molecule has 1 atom stereocenters. The maximum Gasteiger partial charge on any atom is 0.141 e. The van der Waals surface area contributed by atoms with Gasteiger partial charge in [0.1, 0.15) is 18.0 Å². The number of benzene rings is 1. The van der Waals surface area contributed by atoms with E-state index in [2.05, 4.69) is 19.7 Å². The molecular formula is C17H20ClFN4. The van der Waals surface area contributed by atoms with Gasteiger partial charge in [-0.05, 0) is 49.9 Å². The van der Waals surface area contributed by atoms with Crippen molar-refractivity contribution in [2.24, 2.45) is 0 Å². The van der Waals surface area contributed by atoms with Crippen molar-refractivity contribution in [3.05, 3.63) is 46.8 Å². The van der Waals surface area contributed by atoms with Crippen LogP contribution in [0.4, 0.5) is 4.39 Å². The van der Waals surface area contributed by atoms with Crippen LogP contribution in [0.5, 0.6) is 0 Å². The topological polar surface area (TPSA) is 34.0 Å². The van der Waals surface area contributed by atoms with E-state index in [4.69, 9.17) is 11.6 Å². The van der Waals surface area contributed by atoms with Crippen LogP contribution in [-0.2, 0) is 6.54 Å². The third-order valence-electron chi connectivity index (χ3n) is 4.80. The molecule has 1 saturated carbocycles. The summed E-state index contributed by atoms with van der Waals surface area (Å²) in [5.41, 5.74) is 1.06. The molecule has 6 heteroatoms. The van der Waals surface area contributed by atoms with Crippen molar-refractivity contribution in [2.45, 2.75) is 44.2 Å². The van der Waals surface area contributed by atoms with E-state index in [9.17, 15) is 4.39 Å².